The summed E-state index contributed by atoms with van der Waals surface area (Å²) in [5, 5.41) is 6.14. The van der Waals surface area contributed by atoms with E-state index in [1.807, 2.05) is 0 Å². The quantitative estimate of drug-likeness (QED) is 0.813. The molecule has 0 bridgehead atoms. The summed E-state index contributed by atoms with van der Waals surface area (Å²) in [4.78, 5) is 25.3. The Bertz CT molecular complexity index is 547. The maximum atomic E-state index is 12.1. The third-order valence-corrected chi connectivity index (χ3v) is 3.43. The van der Waals surface area contributed by atoms with Crippen LogP contribution < -0.4 is 10.6 Å². The summed E-state index contributed by atoms with van der Waals surface area (Å²) in [5.74, 6) is -0.180. The topological polar surface area (TPSA) is 61.4 Å². The van der Waals surface area contributed by atoms with E-state index in [1.54, 1.807) is 38.4 Å². The van der Waals surface area contributed by atoms with E-state index >= 15 is 0 Å². The van der Waals surface area contributed by atoms with Crippen molar-refractivity contribution in [1.82, 2.24) is 15.5 Å². The molecule has 0 saturated carbocycles. The zero-order chi connectivity index (χ0) is 15.2. The van der Waals surface area contributed by atoms with Crippen molar-refractivity contribution in [2.75, 3.05) is 33.7 Å². The number of benzene rings is 1. The van der Waals surface area contributed by atoms with E-state index < -0.39 is 0 Å². The fourth-order valence-corrected chi connectivity index (χ4v) is 2.15. The van der Waals surface area contributed by atoms with Crippen LogP contribution in [0.3, 0.4) is 0 Å². The molecule has 0 atom stereocenters. The Morgan fingerprint density at radius 2 is 1.86 bits per heavy atom. The first-order valence-corrected chi connectivity index (χ1v) is 7.06. The minimum atomic E-state index is -0.113. The van der Waals surface area contributed by atoms with Crippen LogP contribution in [0.1, 0.15) is 27.1 Å². The van der Waals surface area contributed by atoms with E-state index in [2.05, 4.69) is 16.7 Å². The van der Waals surface area contributed by atoms with Crippen LogP contribution in [0.25, 0.3) is 0 Å². The molecule has 0 radical (unpaired) electrons. The molecule has 2 amide bonds. The second kappa shape index (κ2) is 7.04. The van der Waals surface area contributed by atoms with E-state index in [1.165, 1.54) is 10.5 Å². The van der Waals surface area contributed by atoms with Crippen LogP contribution in [0.2, 0.25) is 0 Å². The fraction of sp³-hybridized carbons (Fsp3) is 0.375. The van der Waals surface area contributed by atoms with Gasteiger partial charge in [-0.2, -0.15) is 0 Å². The van der Waals surface area contributed by atoms with E-state index in [0.29, 0.717) is 17.7 Å². The highest BCUT2D eigenvalue weighted by molar-refractivity contribution is 5.97. The molecular weight excluding hydrogens is 266 g/mol. The summed E-state index contributed by atoms with van der Waals surface area (Å²) in [6, 6.07) is 6.73. The lowest BCUT2D eigenvalue weighted by molar-refractivity contribution is 0.0826. The number of rotatable bonds is 4. The number of carbonyl (C=O) groups is 2. The SMILES string of the molecule is CN(C)C(=O)c1ccc(C(=O)NCC2=CCNCC2)cc1. The van der Waals surface area contributed by atoms with E-state index in [-0.39, 0.29) is 11.8 Å². The van der Waals surface area contributed by atoms with Gasteiger partial charge in [-0.25, -0.2) is 0 Å². The highest BCUT2D eigenvalue weighted by atomic mass is 16.2. The molecule has 2 N–H and O–H groups in total. The molecule has 0 aliphatic carbocycles. The van der Waals surface area contributed by atoms with Crippen molar-refractivity contribution in [3.05, 3.63) is 47.0 Å². The van der Waals surface area contributed by atoms with Gasteiger partial charge in [-0.05, 0) is 37.2 Å². The number of nitrogens with zero attached hydrogens (tertiary/aromatic N) is 1. The van der Waals surface area contributed by atoms with Gasteiger partial charge in [0.05, 0.1) is 0 Å². The lowest BCUT2D eigenvalue weighted by Gasteiger charge is -2.14. The van der Waals surface area contributed by atoms with Crippen LogP contribution in [-0.2, 0) is 0 Å². The molecule has 0 fully saturated rings. The maximum Gasteiger partial charge on any atom is 0.253 e. The van der Waals surface area contributed by atoms with Gasteiger partial charge in [0.25, 0.3) is 11.8 Å². The molecule has 0 spiro atoms. The predicted octanol–water partition coefficient (Wildman–Crippen LogP) is 1.04. The Morgan fingerprint density at radius 3 is 2.43 bits per heavy atom. The molecule has 0 unspecified atom stereocenters. The molecular formula is C16H21N3O2. The van der Waals surface area contributed by atoms with Crippen LogP contribution >= 0.6 is 0 Å². The highest BCUT2D eigenvalue weighted by Crippen LogP contribution is 2.07. The number of hydrogen-bond donors (Lipinski definition) is 2. The molecule has 1 aromatic rings. The van der Waals surface area contributed by atoms with Crippen molar-refractivity contribution >= 4 is 11.8 Å². The minimum Gasteiger partial charge on any atom is -0.348 e. The maximum absolute atomic E-state index is 12.1. The second-order valence-corrected chi connectivity index (χ2v) is 5.28. The third kappa shape index (κ3) is 4.16. The summed E-state index contributed by atoms with van der Waals surface area (Å²) in [7, 11) is 3.41. The first-order chi connectivity index (χ1) is 10.1. The summed E-state index contributed by atoms with van der Waals surface area (Å²) in [6.45, 7) is 2.41. The van der Waals surface area contributed by atoms with Crippen LogP contribution in [0.4, 0.5) is 0 Å². The molecule has 5 heteroatoms. The number of nitrogens with one attached hydrogen (secondary N) is 2. The second-order valence-electron chi connectivity index (χ2n) is 5.28. The fourth-order valence-electron chi connectivity index (χ4n) is 2.15. The van der Waals surface area contributed by atoms with Gasteiger partial charge in [0.2, 0.25) is 0 Å². The molecule has 1 aliphatic rings. The predicted molar refractivity (Wildman–Crippen MR) is 82.4 cm³/mol. The van der Waals surface area contributed by atoms with Crippen LogP contribution in [0.5, 0.6) is 0 Å². The third-order valence-electron chi connectivity index (χ3n) is 3.43. The van der Waals surface area contributed by atoms with Gasteiger partial charge in [0.1, 0.15) is 0 Å². The summed E-state index contributed by atoms with van der Waals surface area (Å²) < 4.78 is 0. The minimum absolute atomic E-state index is 0.0678. The molecule has 1 heterocycles. The van der Waals surface area contributed by atoms with E-state index in [4.69, 9.17) is 0 Å². The number of amides is 2. The molecule has 0 aromatic heterocycles. The average Bonchev–Trinajstić information content (AvgIpc) is 2.53. The summed E-state index contributed by atoms with van der Waals surface area (Å²) in [6.07, 6.45) is 3.08. The molecule has 0 saturated heterocycles. The van der Waals surface area contributed by atoms with Crippen molar-refractivity contribution < 1.29 is 9.59 Å². The number of carbonyl (C=O) groups excluding carboxylic acids is 2. The monoisotopic (exact) mass is 287 g/mol. The Balaban J connectivity index is 1.93. The van der Waals surface area contributed by atoms with Crippen molar-refractivity contribution in [3.63, 3.8) is 0 Å². The molecule has 1 aliphatic heterocycles. The molecule has 2 rings (SSSR count). The van der Waals surface area contributed by atoms with Gasteiger partial charge in [-0.15, -0.1) is 0 Å². The van der Waals surface area contributed by atoms with Crippen molar-refractivity contribution in [2.45, 2.75) is 6.42 Å². The van der Waals surface area contributed by atoms with Gasteiger partial charge < -0.3 is 15.5 Å². The van der Waals surface area contributed by atoms with Gasteiger partial charge >= 0.3 is 0 Å². The Hall–Kier alpha value is -2.14. The van der Waals surface area contributed by atoms with Crippen molar-refractivity contribution in [3.8, 4) is 0 Å². The molecule has 112 valence electrons. The average molecular weight is 287 g/mol. The van der Waals surface area contributed by atoms with Crippen LogP contribution in [-0.4, -0.2) is 50.4 Å². The smallest absolute Gasteiger partial charge is 0.253 e. The largest absolute Gasteiger partial charge is 0.348 e. The zero-order valence-corrected chi connectivity index (χ0v) is 12.5. The van der Waals surface area contributed by atoms with Crippen LogP contribution in [0.15, 0.2) is 35.9 Å². The lowest BCUT2D eigenvalue weighted by Crippen LogP contribution is -2.29. The van der Waals surface area contributed by atoms with Crippen molar-refractivity contribution in [1.29, 1.82) is 0 Å². The van der Waals surface area contributed by atoms with Gasteiger partial charge in [0, 0.05) is 38.3 Å². The Morgan fingerprint density at radius 1 is 1.19 bits per heavy atom. The van der Waals surface area contributed by atoms with Crippen molar-refractivity contribution in [2.24, 2.45) is 0 Å². The lowest BCUT2D eigenvalue weighted by atomic mass is 10.1. The van der Waals surface area contributed by atoms with Gasteiger partial charge in [-0.3, -0.25) is 9.59 Å². The number of hydrogen-bond acceptors (Lipinski definition) is 3. The first kappa shape index (κ1) is 15.3. The Kier molecular flexibility index (Phi) is 5.11. The zero-order valence-electron chi connectivity index (χ0n) is 12.5. The summed E-state index contributed by atoms with van der Waals surface area (Å²) in [5.41, 5.74) is 2.40. The van der Waals surface area contributed by atoms with Gasteiger partial charge in [0.15, 0.2) is 0 Å². The molecule has 21 heavy (non-hydrogen) atoms. The molecule has 1 aromatic carbocycles. The van der Waals surface area contributed by atoms with Gasteiger partial charge in [-0.1, -0.05) is 11.6 Å². The Labute approximate surface area is 125 Å². The van der Waals surface area contributed by atoms with Crippen LogP contribution in [0, 0.1) is 0 Å². The normalized spacial score (nSPS) is 14.3. The van der Waals surface area contributed by atoms with E-state index in [9.17, 15) is 9.59 Å². The molecule has 5 nitrogen and oxygen atoms in total. The standard InChI is InChI=1S/C16H21N3O2/c1-19(2)16(21)14-5-3-13(4-6-14)15(20)18-11-12-7-9-17-10-8-12/h3-7,17H,8-11H2,1-2H3,(H,18,20). The first-order valence-electron chi connectivity index (χ1n) is 7.06. The van der Waals surface area contributed by atoms with E-state index in [0.717, 1.165) is 19.5 Å². The highest BCUT2D eigenvalue weighted by Gasteiger charge is 2.11. The summed E-state index contributed by atoms with van der Waals surface area (Å²) >= 11 is 0.